The number of nitrogens with zero attached hydrogens (tertiary/aromatic N) is 2. The lowest BCUT2D eigenvalue weighted by molar-refractivity contribution is -0.145. The quantitative estimate of drug-likeness (QED) is 0.765. The second kappa shape index (κ2) is 7.31. The van der Waals surface area contributed by atoms with Crippen LogP contribution in [0, 0.1) is 5.92 Å². The molecule has 114 valence electrons. The first-order valence-electron chi connectivity index (χ1n) is 7.27. The maximum atomic E-state index is 12.5. The molecule has 20 heavy (non-hydrogen) atoms. The largest absolute Gasteiger partial charge is 0.383 e. The summed E-state index contributed by atoms with van der Waals surface area (Å²) in [5, 5.41) is 0. The lowest BCUT2D eigenvalue weighted by Gasteiger charge is -2.29. The third-order valence-corrected chi connectivity index (χ3v) is 5.17. The summed E-state index contributed by atoms with van der Waals surface area (Å²) in [6, 6.07) is -0.282. The van der Waals surface area contributed by atoms with E-state index in [0.717, 1.165) is 25.7 Å². The Morgan fingerprint density at radius 2 is 2.05 bits per heavy atom. The number of carbonyl (C=O) groups is 2. The van der Waals surface area contributed by atoms with E-state index in [4.69, 9.17) is 4.74 Å². The summed E-state index contributed by atoms with van der Waals surface area (Å²) in [5.41, 5.74) is 0. The van der Waals surface area contributed by atoms with Crippen molar-refractivity contribution >= 4 is 23.6 Å². The normalized spacial score (nSPS) is 23.3. The first kappa shape index (κ1) is 15.6. The van der Waals surface area contributed by atoms with Gasteiger partial charge in [-0.25, -0.2) is 0 Å². The predicted molar refractivity (Wildman–Crippen MR) is 79.4 cm³/mol. The minimum Gasteiger partial charge on any atom is -0.383 e. The van der Waals surface area contributed by atoms with Crippen LogP contribution in [0.5, 0.6) is 0 Å². The molecule has 2 aliphatic rings. The highest BCUT2D eigenvalue weighted by atomic mass is 32.2. The average Bonchev–Trinajstić information content (AvgIpc) is 3.13. The van der Waals surface area contributed by atoms with Crippen LogP contribution in [0.15, 0.2) is 0 Å². The second-order valence-electron chi connectivity index (χ2n) is 5.56. The molecule has 0 unspecified atom stereocenters. The van der Waals surface area contributed by atoms with E-state index >= 15 is 0 Å². The Morgan fingerprint density at radius 3 is 2.70 bits per heavy atom. The molecule has 1 heterocycles. The van der Waals surface area contributed by atoms with Gasteiger partial charge in [0.15, 0.2) is 0 Å². The van der Waals surface area contributed by atoms with E-state index in [9.17, 15) is 9.59 Å². The zero-order chi connectivity index (χ0) is 14.5. The van der Waals surface area contributed by atoms with Crippen molar-refractivity contribution in [3.63, 3.8) is 0 Å². The number of carbonyl (C=O) groups excluding carboxylic acids is 2. The number of methoxy groups -OCH3 is 1. The Morgan fingerprint density at radius 1 is 1.35 bits per heavy atom. The number of ether oxygens (including phenoxy) is 1. The zero-order valence-corrected chi connectivity index (χ0v) is 13.2. The second-order valence-corrected chi connectivity index (χ2v) is 6.56. The Balaban J connectivity index is 1.95. The SMILES string of the molecule is COCCN(C)C(=O)[C@@H]1CSCN1C(=O)C1CCCC1. The molecule has 5 nitrogen and oxygen atoms in total. The molecular weight excluding hydrogens is 276 g/mol. The predicted octanol–water partition coefficient (Wildman–Crippen LogP) is 1.18. The minimum absolute atomic E-state index is 0.0402. The standard InChI is InChI=1S/C14H24N2O3S/c1-15(7-8-19-2)14(18)12-9-20-10-16(12)13(17)11-5-3-4-6-11/h11-12H,3-10H2,1-2H3/t12-/m0/s1. The van der Waals surface area contributed by atoms with Crippen molar-refractivity contribution in [3.05, 3.63) is 0 Å². The maximum absolute atomic E-state index is 12.5. The van der Waals surface area contributed by atoms with Crippen molar-refractivity contribution in [2.75, 3.05) is 38.9 Å². The number of likely N-dealkylation sites (N-methyl/N-ethyl adjacent to an activating group) is 1. The van der Waals surface area contributed by atoms with Crippen LogP contribution in [0.4, 0.5) is 0 Å². The van der Waals surface area contributed by atoms with E-state index in [-0.39, 0.29) is 23.8 Å². The summed E-state index contributed by atoms with van der Waals surface area (Å²) in [7, 11) is 3.40. The molecule has 1 atom stereocenters. The van der Waals surface area contributed by atoms with Gasteiger partial charge >= 0.3 is 0 Å². The van der Waals surface area contributed by atoms with Gasteiger partial charge in [0.25, 0.3) is 0 Å². The topological polar surface area (TPSA) is 49.9 Å². The molecule has 1 saturated heterocycles. The van der Waals surface area contributed by atoms with Crippen molar-refractivity contribution in [1.82, 2.24) is 9.80 Å². The van der Waals surface area contributed by atoms with E-state index < -0.39 is 0 Å². The number of thioether (sulfide) groups is 1. The molecule has 0 spiro atoms. The molecular formula is C14H24N2O3S. The summed E-state index contributed by atoms with van der Waals surface area (Å²) < 4.78 is 5.00. The zero-order valence-electron chi connectivity index (χ0n) is 12.3. The van der Waals surface area contributed by atoms with Gasteiger partial charge in [0.2, 0.25) is 11.8 Å². The molecule has 1 aliphatic heterocycles. The van der Waals surface area contributed by atoms with Crippen LogP contribution in [0.3, 0.4) is 0 Å². The molecule has 2 fully saturated rings. The van der Waals surface area contributed by atoms with E-state index in [1.807, 2.05) is 0 Å². The molecule has 0 aromatic carbocycles. The highest BCUT2D eigenvalue weighted by Crippen LogP contribution is 2.31. The highest BCUT2D eigenvalue weighted by molar-refractivity contribution is 7.99. The third kappa shape index (κ3) is 3.47. The van der Waals surface area contributed by atoms with Crippen molar-refractivity contribution in [1.29, 1.82) is 0 Å². The summed E-state index contributed by atoms with van der Waals surface area (Å²) >= 11 is 1.67. The Kier molecular flexibility index (Phi) is 5.72. The van der Waals surface area contributed by atoms with Gasteiger partial charge in [0, 0.05) is 32.4 Å². The lowest BCUT2D eigenvalue weighted by atomic mass is 10.1. The van der Waals surface area contributed by atoms with Gasteiger partial charge in [-0.3, -0.25) is 9.59 Å². The summed E-state index contributed by atoms with van der Waals surface area (Å²) in [6.07, 6.45) is 4.26. The van der Waals surface area contributed by atoms with Gasteiger partial charge in [-0.05, 0) is 12.8 Å². The van der Waals surface area contributed by atoms with Crippen LogP contribution < -0.4 is 0 Å². The van der Waals surface area contributed by atoms with Gasteiger partial charge in [-0.2, -0.15) is 0 Å². The molecule has 0 radical (unpaired) electrons. The molecule has 0 N–H and O–H groups in total. The number of rotatable bonds is 5. The van der Waals surface area contributed by atoms with Crippen LogP contribution >= 0.6 is 11.8 Å². The molecule has 2 rings (SSSR count). The van der Waals surface area contributed by atoms with E-state index in [0.29, 0.717) is 24.8 Å². The van der Waals surface area contributed by atoms with E-state index in [2.05, 4.69) is 0 Å². The van der Waals surface area contributed by atoms with Crippen LogP contribution in [0.25, 0.3) is 0 Å². The minimum atomic E-state index is -0.282. The lowest BCUT2D eigenvalue weighted by Crippen LogP contribution is -2.49. The van der Waals surface area contributed by atoms with Crippen molar-refractivity contribution in [3.8, 4) is 0 Å². The molecule has 1 aliphatic carbocycles. The van der Waals surface area contributed by atoms with Gasteiger partial charge in [-0.1, -0.05) is 12.8 Å². The Labute approximate surface area is 125 Å². The summed E-state index contributed by atoms with van der Waals surface area (Å²) in [5.74, 6) is 1.75. The Bertz CT molecular complexity index is 358. The number of amides is 2. The van der Waals surface area contributed by atoms with Crippen LogP contribution in [0.1, 0.15) is 25.7 Å². The van der Waals surface area contributed by atoms with Crippen LogP contribution in [-0.4, -0.2) is 66.6 Å². The smallest absolute Gasteiger partial charge is 0.246 e. The fourth-order valence-corrected chi connectivity index (χ4v) is 4.02. The summed E-state index contributed by atoms with van der Waals surface area (Å²) in [6.45, 7) is 1.10. The molecule has 2 amide bonds. The number of hydrogen-bond acceptors (Lipinski definition) is 4. The first-order valence-corrected chi connectivity index (χ1v) is 8.42. The number of hydrogen-bond donors (Lipinski definition) is 0. The monoisotopic (exact) mass is 300 g/mol. The van der Waals surface area contributed by atoms with Gasteiger partial charge < -0.3 is 14.5 Å². The molecule has 0 aromatic rings. The average molecular weight is 300 g/mol. The molecule has 1 saturated carbocycles. The first-order chi connectivity index (χ1) is 9.65. The van der Waals surface area contributed by atoms with Crippen molar-refractivity contribution in [2.24, 2.45) is 5.92 Å². The molecule has 6 heteroatoms. The van der Waals surface area contributed by atoms with Gasteiger partial charge in [0.05, 0.1) is 12.5 Å². The van der Waals surface area contributed by atoms with Crippen molar-refractivity contribution < 1.29 is 14.3 Å². The molecule has 0 bridgehead atoms. The Hall–Kier alpha value is -0.750. The van der Waals surface area contributed by atoms with Gasteiger partial charge in [0.1, 0.15) is 6.04 Å². The highest BCUT2D eigenvalue weighted by Gasteiger charge is 2.39. The van der Waals surface area contributed by atoms with Gasteiger partial charge in [-0.15, -0.1) is 11.8 Å². The van der Waals surface area contributed by atoms with Crippen LogP contribution in [0.2, 0.25) is 0 Å². The van der Waals surface area contributed by atoms with Crippen molar-refractivity contribution in [2.45, 2.75) is 31.7 Å². The fourth-order valence-electron chi connectivity index (χ4n) is 2.86. The third-order valence-electron chi connectivity index (χ3n) is 4.16. The van der Waals surface area contributed by atoms with E-state index in [1.165, 1.54) is 0 Å². The maximum Gasteiger partial charge on any atom is 0.246 e. The fraction of sp³-hybridized carbons (Fsp3) is 0.857. The molecule has 0 aromatic heterocycles. The van der Waals surface area contributed by atoms with E-state index in [1.54, 1.807) is 35.7 Å². The van der Waals surface area contributed by atoms with Crippen LogP contribution in [-0.2, 0) is 14.3 Å². The summed E-state index contributed by atoms with van der Waals surface area (Å²) in [4.78, 5) is 28.4.